The van der Waals surface area contributed by atoms with Crippen molar-refractivity contribution in [1.29, 1.82) is 0 Å². The maximum Gasteiger partial charge on any atom is 0.225 e. The van der Waals surface area contributed by atoms with Crippen LogP contribution in [0.25, 0.3) is 0 Å². The molecule has 5 nitrogen and oxygen atoms in total. The Balaban J connectivity index is 1.29. The van der Waals surface area contributed by atoms with Crippen LogP contribution >= 0.6 is 0 Å². The van der Waals surface area contributed by atoms with E-state index in [4.69, 9.17) is 0 Å². The monoisotopic (exact) mass is 334 g/mol. The molecule has 1 unspecified atom stereocenters. The van der Waals surface area contributed by atoms with Crippen LogP contribution in [-0.2, 0) is 9.59 Å². The Hall–Kier alpha value is -1.10. The lowest BCUT2D eigenvalue weighted by Gasteiger charge is -2.42. The van der Waals surface area contributed by atoms with E-state index < -0.39 is 0 Å². The lowest BCUT2D eigenvalue weighted by molar-refractivity contribution is -0.145. The van der Waals surface area contributed by atoms with Gasteiger partial charge in [-0.05, 0) is 63.2 Å². The fourth-order valence-corrected chi connectivity index (χ4v) is 5.32. The van der Waals surface area contributed by atoms with Crippen LogP contribution < -0.4 is 0 Å². The summed E-state index contributed by atoms with van der Waals surface area (Å²) in [5, 5.41) is 9.40. The fraction of sp³-hybridized carbons (Fsp3) is 0.895. The van der Waals surface area contributed by atoms with Gasteiger partial charge in [-0.15, -0.1) is 0 Å². The molecule has 134 valence electrons. The van der Waals surface area contributed by atoms with Gasteiger partial charge in [0.25, 0.3) is 0 Å². The molecule has 0 bridgehead atoms. The number of carbonyl (C=O) groups excluding carboxylic acids is 2. The molecule has 0 aromatic heterocycles. The molecule has 2 aliphatic heterocycles. The van der Waals surface area contributed by atoms with Gasteiger partial charge < -0.3 is 14.9 Å². The minimum absolute atomic E-state index is 0.0575. The van der Waals surface area contributed by atoms with E-state index >= 15 is 0 Å². The van der Waals surface area contributed by atoms with E-state index in [0.717, 1.165) is 71.1 Å². The van der Waals surface area contributed by atoms with E-state index in [-0.39, 0.29) is 23.8 Å². The highest BCUT2D eigenvalue weighted by molar-refractivity contribution is 5.80. The summed E-state index contributed by atoms with van der Waals surface area (Å²) in [6.07, 6.45) is 8.69. The zero-order valence-electron chi connectivity index (χ0n) is 14.6. The molecule has 1 spiro atoms. The predicted octanol–water partition coefficient (Wildman–Crippen LogP) is 1.79. The number of nitrogens with zero attached hydrogens (tertiary/aromatic N) is 2. The van der Waals surface area contributed by atoms with Crippen LogP contribution in [0.15, 0.2) is 0 Å². The number of rotatable bonds is 2. The molecule has 2 saturated carbocycles. The molecule has 2 aliphatic carbocycles. The van der Waals surface area contributed by atoms with Crippen LogP contribution in [0.1, 0.15) is 57.8 Å². The summed E-state index contributed by atoms with van der Waals surface area (Å²) in [6.45, 7) is 3.60. The second-order valence-corrected chi connectivity index (χ2v) is 8.62. The Morgan fingerprint density at radius 2 is 1.42 bits per heavy atom. The molecule has 4 rings (SSSR count). The maximum atomic E-state index is 12.7. The number of likely N-dealkylation sites (tertiary alicyclic amines) is 2. The Kier molecular flexibility index (Phi) is 4.31. The van der Waals surface area contributed by atoms with E-state index in [0.29, 0.717) is 24.2 Å². The number of hydrogen-bond acceptors (Lipinski definition) is 3. The largest absolute Gasteiger partial charge is 0.393 e. The summed E-state index contributed by atoms with van der Waals surface area (Å²) in [4.78, 5) is 29.2. The van der Waals surface area contributed by atoms with Crippen molar-refractivity contribution in [3.8, 4) is 0 Å². The first-order valence-electron chi connectivity index (χ1n) is 9.82. The van der Waals surface area contributed by atoms with Crippen molar-refractivity contribution in [1.82, 2.24) is 9.80 Å². The highest BCUT2D eigenvalue weighted by atomic mass is 16.3. The molecule has 0 radical (unpaired) electrons. The summed E-state index contributed by atoms with van der Waals surface area (Å²) in [6, 6.07) is 0. The van der Waals surface area contributed by atoms with Crippen molar-refractivity contribution < 1.29 is 14.7 Å². The van der Waals surface area contributed by atoms with Crippen LogP contribution in [-0.4, -0.2) is 59.0 Å². The second kappa shape index (κ2) is 6.32. The minimum Gasteiger partial charge on any atom is -0.393 e. The summed E-state index contributed by atoms with van der Waals surface area (Å²) in [5.74, 6) is 0.929. The lowest BCUT2D eigenvalue weighted by Crippen LogP contribution is -2.48. The van der Waals surface area contributed by atoms with Gasteiger partial charge >= 0.3 is 0 Å². The van der Waals surface area contributed by atoms with Crippen molar-refractivity contribution in [2.24, 2.45) is 17.3 Å². The van der Waals surface area contributed by atoms with Crippen molar-refractivity contribution in [3.05, 3.63) is 0 Å². The number of piperidine rings is 1. The Morgan fingerprint density at radius 1 is 0.833 bits per heavy atom. The van der Waals surface area contributed by atoms with Gasteiger partial charge in [0.05, 0.1) is 6.10 Å². The summed E-state index contributed by atoms with van der Waals surface area (Å²) < 4.78 is 0. The third kappa shape index (κ3) is 2.96. The molecule has 4 aliphatic rings. The normalized spacial score (nSPS) is 35.3. The van der Waals surface area contributed by atoms with Crippen LogP contribution in [0, 0.1) is 17.3 Å². The Labute approximate surface area is 144 Å². The van der Waals surface area contributed by atoms with Gasteiger partial charge in [-0.2, -0.15) is 0 Å². The first-order chi connectivity index (χ1) is 11.6. The third-order valence-corrected chi connectivity index (χ3v) is 7.07. The smallest absolute Gasteiger partial charge is 0.225 e. The molecule has 5 heteroatoms. The highest BCUT2D eigenvalue weighted by Gasteiger charge is 2.46. The quantitative estimate of drug-likeness (QED) is 0.837. The van der Waals surface area contributed by atoms with Crippen molar-refractivity contribution >= 4 is 11.8 Å². The molecule has 1 N–H and O–H groups in total. The van der Waals surface area contributed by atoms with E-state index in [1.807, 2.05) is 4.90 Å². The number of aliphatic hydroxyl groups excluding tert-OH is 1. The zero-order valence-corrected chi connectivity index (χ0v) is 14.6. The lowest BCUT2D eigenvalue weighted by atomic mass is 9.75. The first-order valence-corrected chi connectivity index (χ1v) is 9.82. The number of carbonyl (C=O) groups is 2. The van der Waals surface area contributed by atoms with Crippen molar-refractivity contribution in [2.75, 3.05) is 26.2 Å². The Morgan fingerprint density at radius 3 is 2.04 bits per heavy atom. The average Bonchev–Trinajstić information content (AvgIpc) is 3.22. The van der Waals surface area contributed by atoms with Gasteiger partial charge in [0.15, 0.2) is 0 Å². The van der Waals surface area contributed by atoms with E-state index in [1.54, 1.807) is 0 Å². The van der Waals surface area contributed by atoms with Gasteiger partial charge in [0, 0.05) is 38.0 Å². The Bertz CT molecular complexity index is 501. The van der Waals surface area contributed by atoms with Crippen molar-refractivity contribution in [3.63, 3.8) is 0 Å². The van der Waals surface area contributed by atoms with E-state index in [1.165, 1.54) is 0 Å². The average molecular weight is 334 g/mol. The van der Waals surface area contributed by atoms with E-state index in [9.17, 15) is 14.7 Å². The molecule has 0 aromatic rings. The van der Waals surface area contributed by atoms with Crippen LogP contribution in [0.5, 0.6) is 0 Å². The van der Waals surface area contributed by atoms with Gasteiger partial charge in [0.1, 0.15) is 0 Å². The molecular weight excluding hydrogens is 304 g/mol. The molecular formula is C19H30N2O3. The molecule has 4 fully saturated rings. The van der Waals surface area contributed by atoms with Gasteiger partial charge in [-0.25, -0.2) is 0 Å². The van der Waals surface area contributed by atoms with Gasteiger partial charge in [0.2, 0.25) is 11.8 Å². The van der Waals surface area contributed by atoms with Gasteiger partial charge in [-0.3, -0.25) is 9.59 Å². The third-order valence-electron chi connectivity index (χ3n) is 7.07. The highest BCUT2D eigenvalue weighted by Crippen LogP contribution is 2.49. The maximum absolute atomic E-state index is 12.7. The summed E-state index contributed by atoms with van der Waals surface area (Å²) >= 11 is 0. The molecule has 2 heterocycles. The van der Waals surface area contributed by atoms with Crippen LogP contribution in [0.3, 0.4) is 0 Å². The molecule has 1 atom stereocenters. The predicted molar refractivity (Wildman–Crippen MR) is 90.1 cm³/mol. The fourth-order valence-electron chi connectivity index (χ4n) is 5.32. The number of hydrogen-bond donors (Lipinski definition) is 1. The molecule has 0 aromatic carbocycles. The van der Waals surface area contributed by atoms with E-state index in [2.05, 4.69) is 4.90 Å². The molecule has 24 heavy (non-hydrogen) atoms. The van der Waals surface area contributed by atoms with Crippen LogP contribution in [0.4, 0.5) is 0 Å². The molecule has 2 saturated heterocycles. The zero-order chi connectivity index (χ0) is 16.7. The standard InChI is InChI=1S/C19H30N2O3/c22-16-11-15(12-16)18(24)21-9-5-19(6-10-21)4-3-14(13-19)17(23)20-7-1-2-8-20/h14-16,22H,1-13H2. The summed E-state index contributed by atoms with van der Waals surface area (Å²) in [7, 11) is 0. The number of amides is 2. The second-order valence-electron chi connectivity index (χ2n) is 8.62. The van der Waals surface area contributed by atoms with Gasteiger partial charge in [-0.1, -0.05) is 0 Å². The number of aliphatic hydroxyl groups is 1. The molecule has 2 amide bonds. The SMILES string of the molecule is O=C(C1CC(O)C1)N1CCC2(CCC(C(=O)N3CCCC3)C2)CC1. The topological polar surface area (TPSA) is 60.9 Å². The first kappa shape index (κ1) is 16.4. The minimum atomic E-state index is -0.262. The van der Waals surface area contributed by atoms with Crippen molar-refractivity contribution in [2.45, 2.75) is 63.9 Å². The van der Waals surface area contributed by atoms with Crippen LogP contribution in [0.2, 0.25) is 0 Å². The summed E-state index contributed by atoms with van der Waals surface area (Å²) in [5.41, 5.74) is 0.302.